The molecule has 2 aromatic rings. The smallest absolute Gasteiger partial charge is 0.251 e. The summed E-state index contributed by atoms with van der Waals surface area (Å²) in [5.74, 6) is 1.72. The number of hydrogen-bond donors (Lipinski definition) is 1. The van der Waals surface area contributed by atoms with E-state index in [1.165, 1.54) is 0 Å². The van der Waals surface area contributed by atoms with Crippen molar-refractivity contribution in [1.82, 2.24) is 10.2 Å². The maximum atomic E-state index is 12.8. The summed E-state index contributed by atoms with van der Waals surface area (Å²) in [4.78, 5) is 26.9. The number of ether oxygens (including phenoxy) is 2. The second-order valence-corrected chi connectivity index (χ2v) is 8.33. The Morgan fingerprint density at radius 1 is 0.968 bits per heavy atom. The zero-order chi connectivity index (χ0) is 21.6. The van der Waals surface area contributed by atoms with E-state index in [9.17, 15) is 9.59 Å². The molecule has 2 saturated carbocycles. The maximum Gasteiger partial charge on any atom is 0.251 e. The summed E-state index contributed by atoms with van der Waals surface area (Å²) >= 11 is 0. The standard InChI is InChI=1S/C25H30N2O4/c1-30-22-12-14-23(15-13-22)31-16-2-3-24(28)27(21-10-11-21)17-18-4-6-19(7-5-18)25(29)26-20-8-9-20/h4-7,12-15,20-21H,2-3,8-11,16-17H2,1H3,(H,26,29). The summed E-state index contributed by atoms with van der Waals surface area (Å²) in [5.41, 5.74) is 1.73. The van der Waals surface area contributed by atoms with Crippen LogP contribution in [0.3, 0.4) is 0 Å². The van der Waals surface area contributed by atoms with E-state index in [-0.39, 0.29) is 11.8 Å². The summed E-state index contributed by atoms with van der Waals surface area (Å²) in [6.45, 7) is 1.09. The van der Waals surface area contributed by atoms with Crippen molar-refractivity contribution in [2.75, 3.05) is 13.7 Å². The van der Waals surface area contributed by atoms with Gasteiger partial charge in [-0.15, -0.1) is 0 Å². The van der Waals surface area contributed by atoms with Crippen LogP contribution in [0.5, 0.6) is 11.5 Å². The minimum Gasteiger partial charge on any atom is -0.497 e. The fraction of sp³-hybridized carbons (Fsp3) is 0.440. The fourth-order valence-electron chi connectivity index (χ4n) is 3.49. The van der Waals surface area contributed by atoms with Crippen molar-refractivity contribution < 1.29 is 19.1 Å². The number of carbonyl (C=O) groups excluding carboxylic acids is 2. The average Bonchev–Trinajstić information content (AvgIpc) is 3.71. The Balaban J connectivity index is 1.24. The van der Waals surface area contributed by atoms with Crippen LogP contribution < -0.4 is 14.8 Å². The second-order valence-electron chi connectivity index (χ2n) is 8.33. The van der Waals surface area contributed by atoms with Gasteiger partial charge in [-0.1, -0.05) is 12.1 Å². The maximum absolute atomic E-state index is 12.8. The lowest BCUT2D eigenvalue weighted by Crippen LogP contribution is -2.32. The highest BCUT2D eigenvalue weighted by Gasteiger charge is 2.32. The van der Waals surface area contributed by atoms with Gasteiger partial charge in [-0.25, -0.2) is 0 Å². The van der Waals surface area contributed by atoms with Crippen LogP contribution in [0.15, 0.2) is 48.5 Å². The Kier molecular flexibility index (Phi) is 6.75. The lowest BCUT2D eigenvalue weighted by atomic mass is 10.1. The van der Waals surface area contributed by atoms with Crippen molar-refractivity contribution in [3.05, 3.63) is 59.7 Å². The molecule has 0 aromatic heterocycles. The van der Waals surface area contributed by atoms with Crippen molar-refractivity contribution in [2.24, 2.45) is 0 Å². The van der Waals surface area contributed by atoms with Gasteiger partial charge < -0.3 is 19.7 Å². The Bertz CT molecular complexity index is 887. The molecular weight excluding hydrogens is 392 g/mol. The zero-order valence-electron chi connectivity index (χ0n) is 18.0. The number of nitrogens with one attached hydrogen (secondary N) is 1. The fourth-order valence-corrected chi connectivity index (χ4v) is 3.49. The van der Waals surface area contributed by atoms with E-state index >= 15 is 0 Å². The first-order chi connectivity index (χ1) is 15.1. The molecule has 0 heterocycles. The van der Waals surface area contributed by atoms with Gasteiger partial charge >= 0.3 is 0 Å². The number of amides is 2. The van der Waals surface area contributed by atoms with Crippen molar-refractivity contribution in [3.8, 4) is 11.5 Å². The van der Waals surface area contributed by atoms with Crippen LogP contribution in [-0.2, 0) is 11.3 Å². The summed E-state index contributed by atoms with van der Waals surface area (Å²) < 4.78 is 10.9. The lowest BCUT2D eigenvalue weighted by Gasteiger charge is -2.23. The minimum absolute atomic E-state index is 0.0129. The molecule has 1 N–H and O–H groups in total. The lowest BCUT2D eigenvalue weighted by molar-refractivity contribution is -0.132. The Morgan fingerprint density at radius 2 is 1.65 bits per heavy atom. The minimum atomic E-state index is -0.0129. The molecule has 2 amide bonds. The van der Waals surface area contributed by atoms with Gasteiger partial charge in [0.05, 0.1) is 13.7 Å². The largest absolute Gasteiger partial charge is 0.497 e. The number of rotatable bonds is 11. The SMILES string of the molecule is COc1ccc(OCCCC(=O)N(Cc2ccc(C(=O)NC3CC3)cc2)C2CC2)cc1. The van der Waals surface area contributed by atoms with Crippen molar-refractivity contribution in [1.29, 1.82) is 0 Å². The highest BCUT2D eigenvalue weighted by Crippen LogP contribution is 2.29. The molecule has 2 fully saturated rings. The summed E-state index contributed by atoms with van der Waals surface area (Å²) in [5, 5.41) is 3.00. The third-order valence-corrected chi connectivity index (χ3v) is 5.65. The van der Waals surface area contributed by atoms with E-state index in [2.05, 4.69) is 5.32 Å². The molecule has 2 aliphatic rings. The van der Waals surface area contributed by atoms with E-state index in [4.69, 9.17) is 9.47 Å². The van der Waals surface area contributed by atoms with Gasteiger partial charge in [-0.2, -0.15) is 0 Å². The molecule has 31 heavy (non-hydrogen) atoms. The second kappa shape index (κ2) is 9.86. The van der Waals surface area contributed by atoms with Crippen molar-refractivity contribution in [3.63, 3.8) is 0 Å². The number of nitrogens with zero attached hydrogens (tertiary/aromatic N) is 1. The topological polar surface area (TPSA) is 67.9 Å². The van der Waals surface area contributed by atoms with Crippen LogP contribution in [-0.4, -0.2) is 42.5 Å². The molecule has 4 rings (SSSR count). The van der Waals surface area contributed by atoms with Crippen LogP contribution in [0.4, 0.5) is 0 Å². The monoisotopic (exact) mass is 422 g/mol. The quantitative estimate of drug-likeness (QED) is 0.557. The number of hydrogen-bond acceptors (Lipinski definition) is 4. The first kappa shape index (κ1) is 21.2. The van der Waals surface area contributed by atoms with Gasteiger partial charge in [0.1, 0.15) is 11.5 Å². The third-order valence-electron chi connectivity index (χ3n) is 5.65. The molecule has 0 bridgehead atoms. The number of benzene rings is 2. The predicted molar refractivity (Wildman–Crippen MR) is 118 cm³/mol. The highest BCUT2D eigenvalue weighted by molar-refractivity contribution is 5.94. The van der Waals surface area contributed by atoms with Crippen molar-refractivity contribution >= 4 is 11.8 Å². The number of carbonyl (C=O) groups is 2. The number of methoxy groups -OCH3 is 1. The zero-order valence-corrected chi connectivity index (χ0v) is 18.0. The van der Waals surface area contributed by atoms with Gasteiger partial charge in [0.25, 0.3) is 5.91 Å². The van der Waals surface area contributed by atoms with E-state index < -0.39 is 0 Å². The Hall–Kier alpha value is -3.02. The van der Waals surface area contributed by atoms with Gasteiger partial charge in [-0.05, 0) is 74.1 Å². The van der Waals surface area contributed by atoms with E-state index in [1.54, 1.807) is 7.11 Å². The molecule has 2 aromatic carbocycles. The summed E-state index contributed by atoms with van der Waals surface area (Å²) in [7, 11) is 1.63. The molecule has 0 radical (unpaired) electrons. The van der Waals surface area contributed by atoms with Crippen LogP contribution in [0.1, 0.15) is 54.4 Å². The Labute approximate surface area is 183 Å². The van der Waals surface area contributed by atoms with E-state index in [0.29, 0.717) is 43.6 Å². The predicted octanol–water partition coefficient (Wildman–Crippen LogP) is 3.94. The summed E-state index contributed by atoms with van der Waals surface area (Å²) in [6.07, 6.45) is 5.43. The third kappa shape index (κ3) is 6.23. The van der Waals surface area contributed by atoms with Crippen LogP contribution >= 0.6 is 0 Å². The first-order valence-corrected chi connectivity index (χ1v) is 11.1. The Morgan fingerprint density at radius 3 is 2.26 bits per heavy atom. The van der Waals surface area contributed by atoms with Gasteiger partial charge in [0.2, 0.25) is 5.91 Å². The van der Waals surface area contributed by atoms with E-state index in [1.807, 2.05) is 53.4 Å². The first-order valence-electron chi connectivity index (χ1n) is 11.1. The van der Waals surface area contributed by atoms with Gasteiger partial charge in [-0.3, -0.25) is 9.59 Å². The van der Waals surface area contributed by atoms with Crippen LogP contribution in [0, 0.1) is 0 Å². The molecular formula is C25H30N2O4. The van der Waals surface area contributed by atoms with Crippen LogP contribution in [0.25, 0.3) is 0 Å². The van der Waals surface area contributed by atoms with Crippen LogP contribution in [0.2, 0.25) is 0 Å². The molecule has 0 atom stereocenters. The molecule has 0 spiro atoms. The van der Waals surface area contributed by atoms with E-state index in [0.717, 1.165) is 42.7 Å². The molecule has 164 valence electrons. The van der Waals surface area contributed by atoms with Gasteiger partial charge in [0, 0.05) is 30.6 Å². The van der Waals surface area contributed by atoms with Gasteiger partial charge in [0.15, 0.2) is 0 Å². The molecule has 0 saturated heterocycles. The van der Waals surface area contributed by atoms with Crippen molar-refractivity contribution in [2.45, 2.75) is 57.2 Å². The molecule has 0 aliphatic heterocycles. The summed E-state index contributed by atoms with van der Waals surface area (Å²) in [6, 6.07) is 15.8. The normalized spacial score (nSPS) is 15.3. The molecule has 0 unspecified atom stereocenters. The molecule has 6 heteroatoms. The average molecular weight is 423 g/mol. The molecule has 2 aliphatic carbocycles. The highest BCUT2D eigenvalue weighted by atomic mass is 16.5. The molecule has 6 nitrogen and oxygen atoms in total.